The van der Waals surface area contributed by atoms with Gasteiger partial charge < -0.3 is 16.0 Å². The molecule has 0 unspecified atom stereocenters. The zero-order valence-corrected chi connectivity index (χ0v) is 16.1. The van der Waals surface area contributed by atoms with Gasteiger partial charge in [-0.3, -0.25) is 14.3 Å². The molecule has 1 aromatic heterocycles. The Bertz CT molecular complexity index is 1120. The maximum atomic E-state index is 13.4. The van der Waals surface area contributed by atoms with Crippen molar-refractivity contribution in [2.24, 2.45) is 12.8 Å². The van der Waals surface area contributed by atoms with Gasteiger partial charge in [-0.2, -0.15) is 5.10 Å². The normalized spacial score (nSPS) is 12.6. The summed E-state index contributed by atoms with van der Waals surface area (Å²) in [6.07, 6.45) is 1.74. The average molecular weight is 396 g/mol. The van der Waals surface area contributed by atoms with Crippen molar-refractivity contribution in [3.8, 4) is 0 Å². The van der Waals surface area contributed by atoms with Crippen molar-refractivity contribution in [3.63, 3.8) is 0 Å². The second-order valence-electron chi connectivity index (χ2n) is 6.71. The molecule has 7 nitrogen and oxygen atoms in total. The summed E-state index contributed by atoms with van der Waals surface area (Å²) < 4.78 is 1.72. The van der Waals surface area contributed by atoms with E-state index in [9.17, 15) is 9.59 Å². The van der Waals surface area contributed by atoms with Crippen LogP contribution >= 0.6 is 11.6 Å². The van der Waals surface area contributed by atoms with Crippen LogP contribution in [0.15, 0.2) is 42.6 Å². The van der Waals surface area contributed by atoms with Crippen molar-refractivity contribution >= 4 is 40.6 Å². The van der Waals surface area contributed by atoms with E-state index in [-0.39, 0.29) is 5.91 Å². The Morgan fingerprint density at radius 1 is 1.21 bits per heavy atom. The van der Waals surface area contributed by atoms with Gasteiger partial charge in [0.05, 0.1) is 24.1 Å². The highest BCUT2D eigenvalue weighted by Crippen LogP contribution is 2.38. The van der Waals surface area contributed by atoms with Gasteiger partial charge in [-0.25, -0.2) is 0 Å². The van der Waals surface area contributed by atoms with Crippen LogP contribution in [0.2, 0.25) is 5.02 Å². The number of carbonyl (C=O) groups is 2. The molecule has 2 aromatic carbocycles. The molecule has 2 amide bonds. The average Bonchev–Trinajstić information content (AvgIpc) is 2.90. The fourth-order valence-corrected chi connectivity index (χ4v) is 3.54. The van der Waals surface area contributed by atoms with Crippen LogP contribution < -0.4 is 16.0 Å². The zero-order valence-electron chi connectivity index (χ0n) is 15.4. The first kappa shape index (κ1) is 18.1. The van der Waals surface area contributed by atoms with Gasteiger partial charge in [-0.05, 0) is 48.9 Å². The van der Waals surface area contributed by atoms with E-state index in [0.717, 1.165) is 17.1 Å². The Morgan fingerprint density at radius 2 is 2.00 bits per heavy atom. The van der Waals surface area contributed by atoms with Crippen LogP contribution in [0.4, 0.5) is 17.2 Å². The van der Waals surface area contributed by atoms with Crippen LogP contribution in [0.25, 0.3) is 0 Å². The molecule has 142 valence electrons. The molecule has 0 saturated carbocycles. The van der Waals surface area contributed by atoms with Crippen molar-refractivity contribution in [1.29, 1.82) is 0 Å². The molecule has 0 saturated heterocycles. The van der Waals surface area contributed by atoms with Crippen molar-refractivity contribution in [3.05, 3.63) is 69.9 Å². The molecular formula is C20H18ClN5O2. The molecule has 28 heavy (non-hydrogen) atoms. The third kappa shape index (κ3) is 2.99. The van der Waals surface area contributed by atoms with Gasteiger partial charge in [-0.1, -0.05) is 11.6 Å². The standard InChI is InChI=1S/C20H18ClN5O2/c1-11-7-12(18(22)27)3-5-15(11)20(28)26-10-13-9-23-25(2)19(13)24-16-8-14(21)4-6-17(16)26/h3-9,24H,10H2,1-2H3,(H2,22,27). The van der Waals surface area contributed by atoms with Crippen molar-refractivity contribution in [1.82, 2.24) is 9.78 Å². The zero-order chi connectivity index (χ0) is 20.0. The number of fused-ring (bicyclic) bond motifs is 2. The molecule has 1 aliphatic rings. The van der Waals surface area contributed by atoms with Gasteiger partial charge in [0.15, 0.2) is 0 Å². The largest absolute Gasteiger partial charge is 0.366 e. The minimum Gasteiger partial charge on any atom is -0.366 e. The second-order valence-corrected chi connectivity index (χ2v) is 7.15. The summed E-state index contributed by atoms with van der Waals surface area (Å²) in [6, 6.07) is 10.2. The fraction of sp³-hybridized carbons (Fsp3) is 0.150. The van der Waals surface area contributed by atoms with E-state index in [1.807, 2.05) is 13.1 Å². The summed E-state index contributed by atoms with van der Waals surface area (Å²) >= 11 is 6.18. The predicted molar refractivity (Wildman–Crippen MR) is 108 cm³/mol. The first-order chi connectivity index (χ1) is 13.3. The Morgan fingerprint density at radius 3 is 2.71 bits per heavy atom. The summed E-state index contributed by atoms with van der Waals surface area (Å²) in [5.41, 5.74) is 9.20. The van der Waals surface area contributed by atoms with Gasteiger partial charge in [0, 0.05) is 28.8 Å². The lowest BCUT2D eigenvalue weighted by Gasteiger charge is -2.23. The monoisotopic (exact) mass is 395 g/mol. The maximum Gasteiger partial charge on any atom is 0.258 e. The number of aryl methyl sites for hydroxylation is 2. The Hall–Kier alpha value is -3.32. The number of carbonyl (C=O) groups excluding carboxylic acids is 2. The molecule has 3 N–H and O–H groups in total. The van der Waals surface area contributed by atoms with Crippen LogP contribution in [-0.4, -0.2) is 21.6 Å². The first-order valence-electron chi connectivity index (χ1n) is 8.65. The first-order valence-corrected chi connectivity index (χ1v) is 9.02. The van der Waals surface area contributed by atoms with Gasteiger partial charge in [0.1, 0.15) is 5.82 Å². The molecule has 0 bridgehead atoms. The number of primary amides is 1. The van der Waals surface area contributed by atoms with Crippen LogP contribution in [-0.2, 0) is 13.6 Å². The summed E-state index contributed by atoms with van der Waals surface area (Å²) in [7, 11) is 1.83. The molecule has 0 spiro atoms. The lowest BCUT2D eigenvalue weighted by atomic mass is 10.0. The van der Waals surface area contributed by atoms with Crippen LogP contribution in [0.3, 0.4) is 0 Å². The fourth-order valence-electron chi connectivity index (χ4n) is 3.37. The van der Waals surface area contributed by atoms with Gasteiger partial charge in [-0.15, -0.1) is 0 Å². The molecule has 0 aliphatic carbocycles. The number of halogens is 1. The topological polar surface area (TPSA) is 93.2 Å². The van der Waals surface area contributed by atoms with E-state index in [0.29, 0.717) is 33.9 Å². The number of nitrogens with two attached hydrogens (primary N) is 1. The third-order valence-corrected chi connectivity index (χ3v) is 5.07. The van der Waals surface area contributed by atoms with Gasteiger partial charge in [0.25, 0.3) is 5.91 Å². The summed E-state index contributed by atoms with van der Waals surface area (Å²) in [6.45, 7) is 2.13. The van der Waals surface area contributed by atoms with Crippen molar-refractivity contribution in [2.75, 3.05) is 10.2 Å². The second kappa shape index (κ2) is 6.69. The van der Waals surface area contributed by atoms with E-state index in [1.165, 1.54) is 0 Å². The highest BCUT2D eigenvalue weighted by Gasteiger charge is 2.27. The number of rotatable bonds is 2. The SMILES string of the molecule is Cc1cc(C(N)=O)ccc1C(=O)N1Cc2cnn(C)c2Nc2cc(Cl)ccc21. The minimum absolute atomic E-state index is 0.185. The van der Waals surface area contributed by atoms with E-state index in [1.54, 1.807) is 53.0 Å². The highest BCUT2D eigenvalue weighted by molar-refractivity contribution is 6.31. The number of nitrogens with zero attached hydrogens (tertiary/aromatic N) is 3. The summed E-state index contributed by atoms with van der Waals surface area (Å²) in [5, 5.41) is 8.17. The smallest absolute Gasteiger partial charge is 0.258 e. The van der Waals surface area contributed by atoms with E-state index in [2.05, 4.69) is 10.4 Å². The van der Waals surface area contributed by atoms with E-state index < -0.39 is 5.91 Å². The molecule has 0 fully saturated rings. The third-order valence-electron chi connectivity index (χ3n) is 4.83. The number of hydrogen-bond donors (Lipinski definition) is 2. The van der Waals surface area contributed by atoms with Crippen LogP contribution in [0.5, 0.6) is 0 Å². The van der Waals surface area contributed by atoms with Gasteiger partial charge in [0.2, 0.25) is 5.91 Å². The molecule has 1 aliphatic heterocycles. The van der Waals surface area contributed by atoms with Crippen LogP contribution in [0.1, 0.15) is 31.8 Å². The Kier molecular flexibility index (Phi) is 4.31. The van der Waals surface area contributed by atoms with E-state index >= 15 is 0 Å². The maximum absolute atomic E-state index is 13.4. The Labute approximate surface area is 166 Å². The number of aromatic nitrogens is 2. The molecule has 4 rings (SSSR count). The summed E-state index contributed by atoms with van der Waals surface area (Å²) in [5.74, 6) is 0.0938. The van der Waals surface area contributed by atoms with Crippen molar-refractivity contribution < 1.29 is 9.59 Å². The molecule has 8 heteroatoms. The predicted octanol–water partition coefficient (Wildman–Crippen LogP) is 3.38. The molecule has 0 atom stereocenters. The lowest BCUT2D eigenvalue weighted by Crippen LogP contribution is -2.30. The quantitative estimate of drug-likeness (QED) is 0.695. The molecule has 2 heterocycles. The van der Waals surface area contributed by atoms with Crippen molar-refractivity contribution in [2.45, 2.75) is 13.5 Å². The minimum atomic E-state index is -0.527. The number of anilines is 3. The number of amides is 2. The molecular weight excluding hydrogens is 378 g/mol. The molecule has 3 aromatic rings. The molecule has 0 radical (unpaired) electrons. The van der Waals surface area contributed by atoms with E-state index in [4.69, 9.17) is 17.3 Å². The number of benzene rings is 2. The summed E-state index contributed by atoms with van der Waals surface area (Å²) in [4.78, 5) is 26.5. The highest BCUT2D eigenvalue weighted by atomic mass is 35.5. The number of nitrogens with one attached hydrogen (secondary N) is 1. The lowest BCUT2D eigenvalue weighted by molar-refractivity contribution is 0.0978. The number of hydrogen-bond acceptors (Lipinski definition) is 4. The van der Waals surface area contributed by atoms with Gasteiger partial charge >= 0.3 is 0 Å². The van der Waals surface area contributed by atoms with Crippen LogP contribution in [0, 0.1) is 6.92 Å². The Balaban J connectivity index is 1.82.